The third-order valence-corrected chi connectivity index (χ3v) is 4.84. The molecule has 0 atom stereocenters. The number of carbonyl (C=O) groups is 1. The van der Waals surface area contributed by atoms with Crippen molar-refractivity contribution in [2.24, 2.45) is 0 Å². The number of nitrogen functional groups attached to an aromatic ring is 1. The van der Waals surface area contributed by atoms with Crippen molar-refractivity contribution < 1.29 is 13.9 Å². The summed E-state index contributed by atoms with van der Waals surface area (Å²) < 4.78 is 19.6. The predicted molar refractivity (Wildman–Crippen MR) is 77.5 cm³/mol. The van der Waals surface area contributed by atoms with Gasteiger partial charge in [-0.2, -0.15) is 0 Å². The third kappa shape index (κ3) is 2.14. The number of methoxy groups -OCH3 is 1. The first-order valence-corrected chi connectivity index (χ1v) is 7.22. The summed E-state index contributed by atoms with van der Waals surface area (Å²) in [5.41, 5.74) is 6.14. The van der Waals surface area contributed by atoms with Gasteiger partial charge in [-0.15, -0.1) is 11.3 Å². The van der Waals surface area contributed by atoms with Crippen LogP contribution in [0.25, 0.3) is 10.1 Å². The first kappa shape index (κ1) is 13.3. The molecule has 1 aliphatic rings. The number of rotatable bonds is 3. The molecule has 2 aromatic rings. The van der Waals surface area contributed by atoms with Crippen molar-refractivity contribution in [3.05, 3.63) is 28.9 Å². The molecule has 0 spiro atoms. The zero-order valence-corrected chi connectivity index (χ0v) is 11.8. The number of thiophene rings is 1. The molecule has 1 aliphatic carbocycles. The fourth-order valence-electron chi connectivity index (χ4n) is 2.42. The molecule has 3 N–H and O–H groups in total. The molecule has 0 unspecified atom stereocenters. The van der Waals surface area contributed by atoms with Crippen LogP contribution in [0.2, 0.25) is 0 Å². The second-order valence-electron chi connectivity index (χ2n) is 4.96. The zero-order chi connectivity index (χ0) is 14.3. The summed E-state index contributed by atoms with van der Waals surface area (Å²) >= 11 is 1.22. The predicted octanol–water partition coefficient (Wildman–Crippen LogP) is 2.53. The normalized spacial score (nSPS) is 21.7. The summed E-state index contributed by atoms with van der Waals surface area (Å²) in [4.78, 5) is 12.6. The van der Waals surface area contributed by atoms with Crippen LogP contribution in [0.1, 0.15) is 22.5 Å². The summed E-state index contributed by atoms with van der Waals surface area (Å²) in [5.74, 6) is -0.624. The molecular formula is C14H15FN2O2S. The zero-order valence-electron chi connectivity index (χ0n) is 11.0. The van der Waals surface area contributed by atoms with Gasteiger partial charge in [-0.3, -0.25) is 4.79 Å². The standard InChI is InChI=1S/C14H15FN2O2S/c1-19-8-5-7(6-8)17-14(18)13-12(16)11-9(15)3-2-4-10(11)20-13/h2-4,7-8H,5-6,16H2,1H3,(H,17,18). The monoisotopic (exact) mass is 294 g/mol. The Morgan fingerprint density at radius 2 is 2.25 bits per heavy atom. The van der Waals surface area contributed by atoms with Crippen molar-refractivity contribution in [2.75, 3.05) is 12.8 Å². The summed E-state index contributed by atoms with van der Waals surface area (Å²) in [7, 11) is 1.66. The lowest BCUT2D eigenvalue weighted by Gasteiger charge is -2.34. The number of anilines is 1. The van der Waals surface area contributed by atoms with E-state index in [4.69, 9.17) is 10.5 Å². The van der Waals surface area contributed by atoms with Crippen LogP contribution in [-0.4, -0.2) is 25.2 Å². The number of amides is 1. The Labute approximate surface area is 119 Å². The van der Waals surface area contributed by atoms with Gasteiger partial charge in [-0.1, -0.05) is 6.07 Å². The minimum absolute atomic E-state index is 0.113. The van der Waals surface area contributed by atoms with Crippen LogP contribution >= 0.6 is 11.3 Å². The van der Waals surface area contributed by atoms with Gasteiger partial charge in [0, 0.05) is 17.9 Å². The van der Waals surface area contributed by atoms with Crippen LogP contribution in [0.5, 0.6) is 0 Å². The fourth-order valence-corrected chi connectivity index (χ4v) is 3.46. The van der Waals surface area contributed by atoms with Gasteiger partial charge in [0.15, 0.2) is 0 Å². The van der Waals surface area contributed by atoms with Crippen LogP contribution in [0, 0.1) is 5.82 Å². The average Bonchev–Trinajstić information content (AvgIpc) is 2.72. The lowest BCUT2D eigenvalue weighted by molar-refractivity contribution is 0.0177. The number of hydrogen-bond donors (Lipinski definition) is 2. The smallest absolute Gasteiger partial charge is 0.263 e. The Kier molecular flexibility index (Phi) is 3.35. The summed E-state index contributed by atoms with van der Waals surface area (Å²) in [5, 5.41) is 3.25. The largest absolute Gasteiger partial charge is 0.397 e. The van der Waals surface area contributed by atoms with E-state index >= 15 is 0 Å². The minimum atomic E-state index is -0.390. The Morgan fingerprint density at radius 3 is 2.90 bits per heavy atom. The van der Waals surface area contributed by atoms with Crippen molar-refractivity contribution in [3.63, 3.8) is 0 Å². The summed E-state index contributed by atoms with van der Waals surface area (Å²) in [6, 6.07) is 4.84. The van der Waals surface area contributed by atoms with Gasteiger partial charge in [0.05, 0.1) is 17.2 Å². The Balaban J connectivity index is 1.82. The second kappa shape index (κ2) is 5.03. The highest BCUT2D eigenvalue weighted by Gasteiger charge is 2.31. The van der Waals surface area contributed by atoms with Crippen molar-refractivity contribution in [3.8, 4) is 0 Å². The Hall–Kier alpha value is -1.66. The highest BCUT2D eigenvalue weighted by molar-refractivity contribution is 7.21. The average molecular weight is 294 g/mol. The van der Waals surface area contributed by atoms with Gasteiger partial charge < -0.3 is 15.8 Å². The molecule has 0 saturated heterocycles. The number of benzene rings is 1. The van der Waals surface area contributed by atoms with Gasteiger partial charge in [0.25, 0.3) is 5.91 Å². The van der Waals surface area contributed by atoms with Crippen LogP contribution in [0.4, 0.5) is 10.1 Å². The van der Waals surface area contributed by atoms with E-state index in [-0.39, 0.29) is 23.7 Å². The molecule has 106 valence electrons. The van der Waals surface area contributed by atoms with E-state index in [1.54, 1.807) is 19.2 Å². The number of halogens is 1. The molecule has 1 amide bonds. The van der Waals surface area contributed by atoms with Crippen LogP contribution < -0.4 is 11.1 Å². The molecule has 20 heavy (non-hydrogen) atoms. The maximum absolute atomic E-state index is 13.7. The Morgan fingerprint density at radius 1 is 1.50 bits per heavy atom. The van der Waals surface area contributed by atoms with Crippen molar-refractivity contribution in [2.45, 2.75) is 25.0 Å². The van der Waals surface area contributed by atoms with Crippen molar-refractivity contribution in [1.82, 2.24) is 5.32 Å². The van der Waals surface area contributed by atoms with Gasteiger partial charge in [0.2, 0.25) is 0 Å². The molecule has 1 fully saturated rings. The number of nitrogens with two attached hydrogens (primary N) is 1. The lowest BCUT2D eigenvalue weighted by Crippen LogP contribution is -2.47. The number of hydrogen-bond acceptors (Lipinski definition) is 4. The number of nitrogens with one attached hydrogen (secondary N) is 1. The number of carbonyl (C=O) groups excluding carboxylic acids is 1. The van der Waals surface area contributed by atoms with Gasteiger partial charge in [0.1, 0.15) is 10.7 Å². The van der Waals surface area contributed by atoms with Gasteiger partial charge >= 0.3 is 0 Å². The van der Waals surface area contributed by atoms with Gasteiger partial charge in [-0.25, -0.2) is 4.39 Å². The van der Waals surface area contributed by atoms with Crippen molar-refractivity contribution >= 4 is 33.0 Å². The molecule has 0 radical (unpaired) electrons. The highest BCUT2D eigenvalue weighted by Crippen LogP contribution is 2.35. The maximum Gasteiger partial charge on any atom is 0.263 e. The third-order valence-electron chi connectivity index (χ3n) is 3.67. The molecule has 1 heterocycles. The number of ether oxygens (including phenoxy) is 1. The van der Waals surface area contributed by atoms with E-state index in [1.807, 2.05) is 0 Å². The van der Waals surface area contributed by atoms with E-state index < -0.39 is 5.82 Å². The van der Waals surface area contributed by atoms with E-state index in [0.29, 0.717) is 15.0 Å². The first-order valence-electron chi connectivity index (χ1n) is 6.40. The topological polar surface area (TPSA) is 64.3 Å². The van der Waals surface area contributed by atoms with E-state index in [0.717, 1.165) is 12.8 Å². The molecule has 1 aromatic carbocycles. The minimum Gasteiger partial charge on any atom is -0.397 e. The fraction of sp³-hybridized carbons (Fsp3) is 0.357. The summed E-state index contributed by atoms with van der Waals surface area (Å²) in [6.45, 7) is 0. The van der Waals surface area contributed by atoms with Crippen LogP contribution in [0.3, 0.4) is 0 Å². The SMILES string of the molecule is COC1CC(NC(=O)c2sc3cccc(F)c3c2N)C1. The van der Waals surface area contributed by atoms with E-state index in [9.17, 15) is 9.18 Å². The lowest BCUT2D eigenvalue weighted by atomic mass is 9.89. The van der Waals surface area contributed by atoms with Crippen LogP contribution in [0.15, 0.2) is 18.2 Å². The molecule has 4 nitrogen and oxygen atoms in total. The molecule has 0 aliphatic heterocycles. The van der Waals surface area contributed by atoms with E-state index in [2.05, 4.69) is 5.32 Å². The first-order chi connectivity index (χ1) is 9.60. The summed E-state index contributed by atoms with van der Waals surface area (Å²) in [6.07, 6.45) is 1.83. The maximum atomic E-state index is 13.7. The highest BCUT2D eigenvalue weighted by atomic mass is 32.1. The quantitative estimate of drug-likeness (QED) is 0.914. The molecular weight excluding hydrogens is 279 g/mol. The molecule has 6 heteroatoms. The molecule has 0 bridgehead atoms. The van der Waals surface area contributed by atoms with Crippen molar-refractivity contribution in [1.29, 1.82) is 0 Å². The molecule has 1 aromatic heterocycles. The molecule has 1 saturated carbocycles. The number of fused-ring (bicyclic) bond motifs is 1. The van der Waals surface area contributed by atoms with Gasteiger partial charge in [-0.05, 0) is 25.0 Å². The Bertz CT molecular complexity index is 664. The second-order valence-corrected chi connectivity index (χ2v) is 6.01. The molecule has 3 rings (SSSR count). The van der Waals surface area contributed by atoms with E-state index in [1.165, 1.54) is 17.4 Å². The van der Waals surface area contributed by atoms with Crippen LogP contribution in [-0.2, 0) is 4.74 Å².